The first-order valence-corrected chi connectivity index (χ1v) is 5.56. The van der Waals surface area contributed by atoms with Gasteiger partial charge in [0.05, 0.1) is 12.8 Å². The summed E-state index contributed by atoms with van der Waals surface area (Å²) in [6.07, 6.45) is 3.31. The van der Waals surface area contributed by atoms with Crippen LogP contribution in [0.25, 0.3) is 0 Å². The van der Waals surface area contributed by atoms with Gasteiger partial charge in [-0.2, -0.15) is 0 Å². The fourth-order valence-corrected chi connectivity index (χ4v) is 1.65. The summed E-state index contributed by atoms with van der Waals surface area (Å²) in [4.78, 5) is 4.00. The third-order valence-electron chi connectivity index (χ3n) is 2.05. The zero-order valence-electron chi connectivity index (χ0n) is 8.43. The molecule has 1 N–H and O–H groups in total. The molecule has 0 spiro atoms. The van der Waals surface area contributed by atoms with Crippen molar-refractivity contribution in [2.75, 3.05) is 0 Å². The number of aliphatic hydroxyl groups is 1. The van der Waals surface area contributed by atoms with Gasteiger partial charge in [0.2, 0.25) is 0 Å². The standard InChI is InChI=1S/C12H10BrNO2/c13-10-5-11(7-14-6-10)16-12-4-2-1-3-9(12)8-15/h1-7,15H,8H2. The zero-order chi connectivity index (χ0) is 11.4. The number of hydrogen-bond donors (Lipinski definition) is 1. The molecular formula is C12H10BrNO2. The van der Waals surface area contributed by atoms with Gasteiger partial charge in [-0.25, -0.2) is 0 Å². The predicted molar refractivity (Wildman–Crippen MR) is 64.4 cm³/mol. The summed E-state index contributed by atoms with van der Waals surface area (Å²) in [5.74, 6) is 1.28. The summed E-state index contributed by atoms with van der Waals surface area (Å²) < 4.78 is 6.48. The van der Waals surface area contributed by atoms with Gasteiger partial charge in [0.15, 0.2) is 0 Å². The van der Waals surface area contributed by atoms with Gasteiger partial charge in [0.25, 0.3) is 0 Å². The van der Waals surface area contributed by atoms with E-state index in [1.165, 1.54) is 0 Å². The third-order valence-corrected chi connectivity index (χ3v) is 2.48. The maximum absolute atomic E-state index is 9.15. The SMILES string of the molecule is OCc1ccccc1Oc1cncc(Br)c1. The monoisotopic (exact) mass is 279 g/mol. The van der Waals surface area contributed by atoms with E-state index in [0.29, 0.717) is 11.5 Å². The molecule has 0 aliphatic heterocycles. The second kappa shape index (κ2) is 5.09. The fourth-order valence-electron chi connectivity index (χ4n) is 1.31. The molecule has 0 radical (unpaired) electrons. The van der Waals surface area contributed by atoms with E-state index >= 15 is 0 Å². The Balaban J connectivity index is 2.26. The number of hydrogen-bond acceptors (Lipinski definition) is 3. The Morgan fingerprint density at radius 3 is 2.81 bits per heavy atom. The minimum atomic E-state index is -0.0440. The lowest BCUT2D eigenvalue weighted by atomic mass is 10.2. The van der Waals surface area contributed by atoms with Crippen LogP contribution in [0, 0.1) is 0 Å². The third kappa shape index (κ3) is 2.59. The van der Waals surface area contributed by atoms with Crippen molar-refractivity contribution in [3.05, 3.63) is 52.8 Å². The Labute approximate surface area is 102 Å². The van der Waals surface area contributed by atoms with Crippen LogP contribution in [-0.2, 0) is 6.61 Å². The van der Waals surface area contributed by atoms with Crippen molar-refractivity contribution in [1.82, 2.24) is 4.98 Å². The normalized spacial score (nSPS) is 10.1. The molecule has 0 amide bonds. The van der Waals surface area contributed by atoms with Crippen molar-refractivity contribution in [2.24, 2.45) is 0 Å². The first-order chi connectivity index (χ1) is 7.79. The van der Waals surface area contributed by atoms with E-state index in [-0.39, 0.29) is 6.61 Å². The topological polar surface area (TPSA) is 42.4 Å². The zero-order valence-corrected chi connectivity index (χ0v) is 10.0. The van der Waals surface area contributed by atoms with Crippen LogP contribution in [0.3, 0.4) is 0 Å². The van der Waals surface area contributed by atoms with E-state index in [0.717, 1.165) is 10.0 Å². The lowest BCUT2D eigenvalue weighted by Crippen LogP contribution is -1.91. The second-order valence-electron chi connectivity index (χ2n) is 3.21. The van der Waals surface area contributed by atoms with Crippen LogP contribution in [0.4, 0.5) is 0 Å². The number of aliphatic hydroxyl groups excluding tert-OH is 1. The van der Waals surface area contributed by atoms with Crippen LogP contribution >= 0.6 is 15.9 Å². The number of rotatable bonds is 3. The van der Waals surface area contributed by atoms with Gasteiger partial charge in [-0.1, -0.05) is 18.2 Å². The Hall–Kier alpha value is -1.39. The quantitative estimate of drug-likeness (QED) is 0.939. The molecule has 0 saturated heterocycles. The number of ether oxygens (including phenoxy) is 1. The van der Waals surface area contributed by atoms with Crippen LogP contribution < -0.4 is 4.74 Å². The van der Waals surface area contributed by atoms with Gasteiger partial charge in [0, 0.05) is 16.2 Å². The van der Waals surface area contributed by atoms with Gasteiger partial charge in [-0.05, 0) is 28.1 Å². The number of nitrogens with zero attached hydrogens (tertiary/aromatic N) is 1. The van der Waals surface area contributed by atoms with Crippen LogP contribution in [0.5, 0.6) is 11.5 Å². The smallest absolute Gasteiger partial charge is 0.146 e. The average Bonchev–Trinajstić information content (AvgIpc) is 2.30. The van der Waals surface area contributed by atoms with Gasteiger partial charge >= 0.3 is 0 Å². The van der Waals surface area contributed by atoms with Crippen molar-refractivity contribution < 1.29 is 9.84 Å². The molecule has 0 unspecified atom stereocenters. The number of benzene rings is 1. The highest BCUT2D eigenvalue weighted by atomic mass is 79.9. The van der Waals surface area contributed by atoms with E-state index < -0.39 is 0 Å². The Kier molecular flexibility index (Phi) is 3.54. The molecular weight excluding hydrogens is 270 g/mol. The highest BCUT2D eigenvalue weighted by molar-refractivity contribution is 9.10. The molecule has 0 atom stereocenters. The van der Waals surface area contributed by atoms with E-state index in [1.807, 2.05) is 30.3 Å². The molecule has 16 heavy (non-hydrogen) atoms. The van der Waals surface area contributed by atoms with Gasteiger partial charge in [-0.15, -0.1) is 0 Å². The lowest BCUT2D eigenvalue weighted by Gasteiger charge is -2.08. The summed E-state index contributed by atoms with van der Waals surface area (Å²) in [5.41, 5.74) is 0.752. The predicted octanol–water partition coefficient (Wildman–Crippen LogP) is 3.13. The van der Waals surface area contributed by atoms with Crippen molar-refractivity contribution in [3.63, 3.8) is 0 Å². The molecule has 0 fully saturated rings. The summed E-state index contributed by atoms with van der Waals surface area (Å²) in [5, 5.41) is 9.15. The summed E-state index contributed by atoms with van der Waals surface area (Å²) in [6.45, 7) is -0.0440. The van der Waals surface area contributed by atoms with Crippen LogP contribution in [0.1, 0.15) is 5.56 Å². The van der Waals surface area contributed by atoms with Gasteiger partial charge in [-0.3, -0.25) is 4.98 Å². The maximum atomic E-state index is 9.15. The number of pyridine rings is 1. The van der Waals surface area contributed by atoms with Crippen molar-refractivity contribution in [2.45, 2.75) is 6.61 Å². The number of halogens is 1. The average molecular weight is 280 g/mol. The second-order valence-corrected chi connectivity index (χ2v) is 4.12. The number of aromatic nitrogens is 1. The minimum absolute atomic E-state index is 0.0440. The first kappa shape index (κ1) is 11.1. The molecule has 1 aromatic heterocycles. The minimum Gasteiger partial charge on any atom is -0.455 e. The Morgan fingerprint density at radius 2 is 2.06 bits per heavy atom. The Bertz CT molecular complexity index is 488. The molecule has 0 aliphatic carbocycles. The molecule has 4 heteroatoms. The van der Waals surface area contributed by atoms with Crippen molar-refractivity contribution >= 4 is 15.9 Å². The highest BCUT2D eigenvalue weighted by Crippen LogP contribution is 2.26. The van der Waals surface area contributed by atoms with Crippen LogP contribution in [0.15, 0.2) is 47.2 Å². The molecule has 0 saturated carbocycles. The summed E-state index contributed by atoms with van der Waals surface area (Å²) in [6, 6.07) is 9.17. The van der Waals surface area contributed by atoms with E-state index in [9.17, 15) is 0 Å². The number of para-hydroxylation sites is 1. The molecule has 0 aliphatic rings. The van der Waals surface area contributed by atoms with Crippen molar-refractivity contribution in [3.8, 4) is 11.5 Å². The lowest BCUT2D eigenvalue weighted by molar-refractivity contribution is 0.276. The molecule has 1 aromatic carbocycles. The summed E-state index contributed by atoms with van der Waals surface area (Å²) >= 11 is 3.32. The highest BCUT2D eigenvalue weighted by Gasteiger charge is 2.03. The first-order valence-electron chi connectivity index (χ1n) is 4.77. The maximum Gasteiger partial charge on any atom is 0.146 e. The van der Waals surface area contributed by atoms with Crippen LogP contribution in [-0.4, -0.2) is 10.1 Å². The molecule has 0 bridgehead atoms. The molecule has 2 rings (SSSR count). The molecule has 82 valence electrons. The van der Waals surface area contributed by atoms with Gasteiger partial charge in [0.1, 0.15) is 11.5 Å². The summed E-state index contributed by atoms with van der Waals surface area (Å²) in [7, 11) is 0. The fraction of sp³-hybridized carbons (Fsp3) is 0.0833. The molecule has 1 heterocycles. The largest absolute Gasteiger partial charge is 0.455 e. The molecule has 2 aromatic rings. The van der Waals surface area contributed by atoms with Gasteiger partial charge < -0.3 is 9.84 Å². The van der Waals surface area contributed by atoms with E-state index in [2.05, 4.69) is 20.9 Å². The molecule has 3 nitrogen and oxygen atoms in total. The van der Waals surface area contributed by atoms with Crippen molar-refractivity contribution in [1.29, 1.82) is 0 Å². The van der Waals surface area contributed by atoms with E-state index in [4.69, 9.17) is 9.84 Å². The van der Waals surface area contributed by atoms with E-state index in [1.54, 1.807) is 12.4 Å². The Morgan fingerprint density at radius 1 is 1.25 bits per heavy atom. The van der Waals surface area contributed by atoms with Crippen LogP contribution in [0.2, 0.25) is 0 Å².